The zero-order valence-electron chi connectivity index (χ0n) is 16.3. The van der Waals surface area contributed by atoms with Crippen LogP contribution in [0.1, 0.15) is 97.3 Å². The fraction of sp³-hybridized carbons (Fsp3) is 0.857. The van der Waals surface area contributed by atoms with Crippen molar-refractivity contribution in [2.75, 3.05) is 6.54 Å². The van der Waals surface area contributed by atoms with Gasteiger partial charge < -0.3 is 5.73 Å². The van der Waals surface area contributed by atoms with E-state index in [1.54, 1.807) is 0 Å². The first kappa shape index (κ1) is 21.4. The van der Waals surface area contributed by atoms with Crippen molar-refractivity contribution in [3.63, 3.8) is 0 Å². The molecule has 1 rings (SSSR count). The first-order chi connectivity index (χ1) is 11.8. The van der Waals surface area contributed by atoms with Gasteiger partial charge in [-0.3, -0.25) is 9.89 Å². The topological polar surface area (TPSA) is 41.6 Å². The predicted octanol–water partition coefficient (Wildman–Crippen LogP) is 5.65. The minimum Gasteiger partial charge on any atom is -0.316 e. The van der Waals surface area contributed by atoms with Gasteiger partial charge in [-0.1, -0.05) is 76.9 Å². The Morgan fingerprint density at radius 1 is 1.00 bits per heavy atom. The fourth-order valence-electron chi connectivity index (χ4n) is 3.38. The van der Waals surface area contributed by atoms with E-state index in [-0.39, 0.29) is 6.17 Å². The second-order valence-corrected chi connectivity index (χ2v) is 7.27. The molecule has 3 nitrogen and oxygen atoms in total. The molecule has 2 unspecified atom stereocenters. The average molecular weight is 336 g/mol. The highest BCUT2D eigenvalue weighted by molar-refractivity contribution is 5.62. The number of unbranched alkanes of at least 4 members (excludes halogenated alkanes) is 10. The van der Waals surface area contributed by atoms with Gasteiger partial charge in [-0.25, -0.2) is 0 Å². The van der Waals surface area contributed by atoms with Crippen molar-refractivity contribution in [1.82, 2.24) is 4.90 Å². The van der Waals surface area contributed by atoms with Crippen LogP contribution < -0.4 is 5.73 Å². The van der Waals surface area contributed by atoms with Gasteiger partial charge in [-0.15, -0.1) is 0 Å². The SMILES string of the molecule is CCCCCCCCCCCC/C=C/CCC1N=CCN1C(C)N. The summed E-state index contributed by atoms with van der Waals surface area (Å²) >= 11 is 0. The predicted molar refractivity (Wildman–Crippen MR) is 107 cm³/mol. The zero-order chi connectivity index (χ0) is 17.5. The molecule has 0 aliphatic carbocycles. The van der Waals surface area contributed by atoms with Crippen molar-refractivity contribution in [2.24, 2.45) is 10.7 Å². The van der Waals surface area contributed by atoms with E-state index in [9.17, 15) is 0 Å². The lowest BCUT2D eigenvalue weighted by Crippen LogP contribution is -2.43. The average Bonchev–Trinajstić information content (AvgIpc) is 3.04. The Morgan fingerprint density at radius 2 is 1.58 bits per heavy atom. The van der Waals surface area contributed by atoms with Crippen LogP contribution in [0.25, 0.3) is 0 Å². The van der Waals surface area contributed by atoms with Crippen LogP contribution >= 0.6 is 0 Å². The Kier molecular flexibility index (Phi) is 13.1. The van der Waals surface area contributed by atoms with Crippen LogP contribution in [0.2, 0.25) is 0 Å². The van der Waals surface area contributed by atoms with Crippen molar-refractivity contribution in [1.29, 1.82) is 0 Å². The molecule has 2 N–H and O–H groups in total. The quantitative estimate of drug-likeness (QED) is 0.310. The minimum atomic E-state index is 0.105. The molecule has 24 heavy (non-hydrogen) atoms. The third-order valence-corrected chi connectivity index (χ3v) is 4.96. The van der Waals surface area contributed by atoms with Gasteiger partial charge in [0.1, 0.15) is 6.17 Å². The summed E-state index contributed by atoms with van der Waals surface area (Å²) in [6.45, 7) is 5.24. The normalized spacial score (nSPS) is 19.5. The molecule has 2 atom stereocenters. The Labute approximate surface area is 150 Å². The second-order valence-electron chi connectivity index (χ2n) is 7.27. The van der Waals surface area contributed by atoms with Gasteiger partial charge in [0.2, 0.25) is 0 Å². The lowest BCUT2D eigenvalue weighted by Gasteiger charge is -2.26. The molecule has 0 fully saturated rings. The van der Waals surface area contributed by atoms with Gasteiger partial charge in [-0.05, 0) is 32.6 Å². The number of hydrogen-bond donors (Lipinski definition) is 1. The summed E-state index contributed by atoms with van der Waals surface area (Å²) < 4.78 is 0. The molecule has 1 aliphatic heterocycles. The lowest BCUT2D eigenvalue weighted by molar-refractivity contribution is 0.186. The van der Waals surface area contributed by atoms with Crippen molar-refractivity contribution >= 4 is 6.21 Å². The van der Waals surface area contributed by atoms with Gasteiger partial charge >= 0.3 is 0 Å². The number of allylic oxidation sites excluding steroid dienone is 2. The van der Waals surface area contributed by atoms with E-state index in [1.165, 1.54) is 70.6 Å². The van der Waals surface area contributed by atoms with Gasteiger partial charge in [0.05, 0.1) is 6.17 Å². The molecule has 0 radical (unpaired) electrons. The van der Waals surface area contributed by atoms with Crippen molar-refractivity contribution in [3.8, 4) is 0 Å². The van der Waals surface area contributed by atoms with Crippen LogP contribution in [-0.4, -0.2) is 30.0 Å². The maximum absolute atomic E-state index is 5.97. The van der Waals surface area contributed by atoms with E-state index < -0.39 is 0 Å². The molecule has 1 aliphatic rings. The number of aliphatic imine (C=N–C) groups is 1. The van der Waals surface area contributed by atoms with Gasteiger partial charge in [0, 0.05) is 12.8 Å². The lowest BCUT2D eigenvalue weighted by atomic mass is 10.1. The molecule has 1 heterocycles. The standard InChI is InChI=1S/C21H41N3/c1-3-4-5-6-7-8-9-10-11-12-13-14-15-16-17-21-23-18-19-24(21)20(2)22/h14-15,18,20-21H,3-13,16-17,19,22H2,1-2H3/b15-14+. The molecule has 3 heteroatoms. The fourth-order valence-corrected chi connectivity index (χ4v) is 3.38. The van der Waals surface area contributed by atoms with E-state index in [4.69, 9.17) is 5.73 Å². The second kappa shape index (κ2) is 14.7. The molecule has 140 valence electrons. The highest BCUT2D eigenvalue weighted by Crippen LogP contribution is 2.15. The van der Waals surface area contributed by atoms with Crippen molar-refractivity contribution in [2.45, 2.75) is 110 Å². The molecule has 0 spiro atoms. The summed E-state index contributed by atoms with van der Waals surface area (Å²) in [6, 6.07) is 0. The zero-order valence-corrected chi connectivity index (χ0v) is 16.3. The summed E-state index contributed by atoms with van der Waals surface area (Å²) in [7, 11) is 0. The Hall–Kier alpha value is -0.670. The first-order valence-corrected chi connectivity index (χ1v) is 10.4. The number of rotatable bonds is 15. The van der Waals surface area contributed by atoms with Crippen molar-refractivity contribution < 1.29 is 0 Å². The third kappa shape index (κ3) is 10.2. The summed E-state index contributed by atoms with van der Waals surface area (Å²) in [6.07, 6.45) is 24.7. The van der Waals surface area contributed by atoms with Crippen LogP contribution in [0.4, 0.5) is 0 Å². The number of nitrogens with two attached hydrogens (primary N) is 1. The highest BCUT2D eigenvalue weighted by Gasteiger charge is 2.22. The summed E-state index contributed by atoms with van der Waals surface area (Å²) in [5, 5.41) is 0. The molecule has 0 amide bonds. The monoisotopic (exact) mass is 335 g/mol. The van der Waals surface area contributed by atoms with E-state index in [1.807, 2.05) is 13.1 Å². The van der Waals surface area contributed by atoms with E-state index in [2.05, 4.69) is 29.0 Å². The molecule has 0 saturated heterocycles. The van der Waals surface area contributed by atoms with Crippen LogP contribution in [0.15, 0.2) is 17.1 Å². The smallest absolute Gasteiger partial charge is 0.103 e. The Balaban J connectivity index is 1.86. The molecular weight excluding hydrogens is 294 g/mol. The third-order valence-electron chi connectivity index (χ3n) is 4.96. The highest BCUT2D eigenvalue weighted by atomic mass is 15.3. The van der Waals surface area contributed by atoms with Gasteiger partial charge in [0.25, 0.3) is 0 Å². The van der Waals surface area contributed by atoms with Gasteiger partial charge in [0.15, 0.2) is 0 Å². The van der Waals surface area contributed by atoms with Crippen LogP contribution in [0.3, 0.4) is 0 Å². The van der Waals surface area contributed by atoms with E-state index >= 15 is 0 Å². The van der Waals surface area contributed by atoms with Gasteiger partial charge in [-0.2, -0.15) is 0 Å². The molecular formula is C21H41N3. The summed E-state index contributed by atoms with van der Waals surface area (Å²) in [5.41, 5.74) is 5.97. The molecule has 0 aromatic carbocycles. The van der Waals surface area contributed by atoms with Crippen molar-refractivity contribution in [3.05, 3.63) is 12.2 Å². The number of nitrogens with zero attached hydrogens (tertiary/aromatic N) is 2. The Bertz CT molecular complexity index is 336. The maximum atomic E-state index is 5.97. The molecule has 0 bridgehead atoms. The van der Waals surface area contributed by atoms with Crippen LogP contribution in [-0.2, 0) is 0 Å². The summed E-state index contributed by atoms with van der Waals surface area (Å²) in [4.78, 5) is 6.78. The summed E-state index contributed by atoms with van der Waals surface area (Å²) in [5.74, 6) is 0. The van der Waals surface area contributed by atoms with Crippen LogP contribution in [0.5, 0.6) is 0 Å². The minimum absolute atomic E-state index is 0.105. The molecule has 0 aromatic rings. The molecule has 0 aromatic heterocycles. The van der Waals surface area contributed by atoms with Crippen LogP contribution in [0, 0.1) is 0 Å². The molecule has 0 saturated carbocycles. The first-order valence-electron chi connectivity index (χ1n) is 10.4. The Morgan fingerprint density at radius 3 is 2.21 bits per heavy atom. The number of hydrogen-bond acceptors (Lipinski definition) is 3. The largest absolute Gasteiger partial charge is 0.316 e. The van der Waals surface area contributed by atoms with E-state index in [0.717, 1.165) is 19.4 Å². The maximum Gasteiger partial charge on any atom is 0.103 e. The van der Waals surface area contributed by atoms with E-state index in [0.29, 0.717) is 6.17 Å².